The first-order valence-electron chi connectivity index (χ1n) is 25.4. The molecule has 0 aromatic heterocycles. The molecular formula is C58H95NO3. The first kappa shape index (κ1) is 58.5. The summed E-state index contributed by atoms with van der Waals surface area (Å²) in [5.74, 6) is -0.0577. The van der Waals surface area contributed by atoms with Crippen LogP contribution in [0.15, 0.2) is 134 Å². The Kier molecular flexibility index (Phi) is 49.0. The number of hydrogen-bond donors (Lipinski definition) is 3. The lowest BCUT2D eigenvalue weighted by Crippen LogP contribution is -2.45. The Morgan fingerprint density at radius 2 is 0.710 bits per heavy atom. The predicted molar refractivity (Wildman–Crippen MR) is 275 cm³/mol. The van der Waals surface area contributed by atoms with Crippen molar-refractivity contribution in [2.45, 2.75) is 219 Å². The molecule has 0 saturated carbocycles. The molecule has 0 aliphatic carbocycles. The number of hydrogen-bond acceptors (Lipinski definition) is 3. The van der Waals surface area contributed by atoms with E-state index >= 15 is 0 Å². The third-order valence-electron chi connectivity index (χ3n) is 10.7. The van der Waals surface area contributed by atoms with Crippen LogP contribution in [0.1, 0.15) is 206 Å². The van der Waals surface area contributed by atoms with Gasteiger partial charge in [0.2, 0.25) is 5.91 Å². The normalized spacial score (nSPS) is 14.1. The van der Waals surface area contributed by atoms with Crippen molar-refractivity contribution in [2.24, 2.45) is 0 Å². The lowest BCUT2D eigenvalue weighted by Gasteiger charge is -2.22. The maximum absolute atomic E-state index is 12.4. The maximum Gasteiger partial charge on any atom is 0.220 e. The van der Waals surface area contributed by atoms with E-state index in [0.717, 1.165) is 109 Å². The van der Waals surface area contributed by atoms with Gasteiger partial charge in [-0.2, -0.15) is 0 Å². The molecule has 0 radical (unpaired) electrons. The molecule has 2 atom stereocenters. The zero-order valence-corrected chi connectivity index (χ0v) is 40.1. The fraction of sp³-hybridized carbons (Fsp3) is 0.603. The zero-order valence-electron chi connectivity index (χ0n) is 40.1. The van der Waals surface area contributed by atoms with Gasteiger partial charge in [-0.15, -0.1) is 0 Å². The average molecular weight is 854 g/mol. The highest BCUT2D eigenvalue weighted by Gasteiger charge is 2.20. The lowest BCUT2D eigenvalue weighted by molar-refractivity contribution is -0.123. The van der Waals surface area contributed by atoms with E-state index in [-0.39, 0.29) is 12.5 Å². The average Bonchev–Trinajstić information content (AvgIpc) is 3.28. The van der Waals surface area contributed by atoms with Crippen LogP contribution < -0.4 is 5.32 Å². The van der Waals surface area contributed by atoms with Gasteiger partial charge in [0, 0.05) is 6.42 Å². The predicted octanol–water partition coefficient (Wildman–Crippen LogP) is 16.7. The molecule has 0 aliphatic heterocycles. The molecule has 4 nitrogen and oxygen atoms in total. The molecular weight excluding hydrogens is 759 g/mol. The Balaban J connectivity index is 3.67. The molecule has 0 spiro atoms. The number of allylic oxidation sites excluding steroid dienone is 22. The van der Waals surface area contributed by atoms with Crippen molar-refractivity contribution >= 4 is 5.91 Å². The van der Waals surface area contributed by atoms with E-state index in [0.29, 0.717) is 12.8 Å². The molecule has 2 unspecified atom stereocenters. The highest BCUT2D eigenvalue weighted by atomic mass is 16.3. The van der Waals surface area contributed by atoms with Gasteiger partial charge in [-0.25, -0.2) is 0 Å². The number of unbranched alkanes of at least 4 members (excludes halogenated alkanes) is 15. The number of amides is 1. The van der Waals surface area contributed by atoms with Gasteiger partial charge in [0.15, 0.2) is 0 Å². The summed E-state index contributed by atoms with van der Waals surface area (Å²) in [4.78, 5) is 12.4. The summed E-state index contributed by atoms with van der Waals surface area (Å²) in [5.41, 5.74) is 0. The van der Waals surface area contributed by atoms with E-state index in [2.05, 4.69) is 153 Å². The minimum absolute atomic E-state index is 0.0577. The number of rotatable bonds is 44. The van der Waals surface area contributed by atoms with Crippen molar-refractivity contribution in [3.63, 3.8) is 0 Å². The van der Waals surface area contributed by atoms with Crippen molar-refractivity contribution in [1.82, 2.24) is 5.32 Å². The number of carbonyl (C=O) groups excluding carboxylic acids is 1. The van der Waals surface area contributed by atoms with E-state index < -0.39 is 12.1 Å². The third-order valence-corrected chi connectivity index (χ3v) is 10.7. The summed E-state index contributed by atoms with van der Waals surface area (Å²) in [6, 6.07) is -0.555. The van der Waals surface area contributed by atoms with Gasteiger partial charge in [0.1, 0.15) is 0 Å². The van der Waals surface area contributed by atoms with Crippen LogP contribution in [0, 0.1) is 0 Å². The third kappa shape index (κ3) is 47.6. The Morgan fingerprint density at radius 1 is 0.403 bits per heavy atom. The molecule has 0 bridgehead atoms. The van der Waals surface area contributed by atoms with E-state index in [1.54, 1.807) is 0 Å². The van der Waals surface area contributed by atoms with E-state index in [1.807, 2.05) is 0 Å². The van der Waals surface area contributed by atoms with Crippen LogP contribution in [0.3, 0.4) is 0 Å². The zero-order chi connectivity index (χ0) is 44.9. The molecule has 0 aromatic carbocycles. The molecule has 3 N–H and O–H groups in total. The van der Waals surface area contributed by atoms with E-state index in [9.17, 15) is 15.0 Å². The SMILES string of the molecule is CC/C=C\C/C=C\C/C=C\C/C=C\C/C=C\C/C=C\C/C=C\C/C=C\C/C=C\C/C=C\C/C=C\CCCCCCCC(=O)NC(CO)C(O)CCCCCCCCCCCCC. The molecule has 0 heterocycles. The number of carbonyl (C=O) groups is 1. The Morgan fingerprint density at radius 3 is 1.06 bits per heavy atom. The second-order valence-corrected chi connectivity index (χ2v) is 16.5. The van der Waals surface area contributed by atoms with E-state index in [1.165, 1.54) is 70.6 Å². The van der Waals surface area contributed by atoms with Crippen LogP contribution in [0.4, 0.5) is 0 Å². The van der Waals surface area contributed by atoms with Gasteiger partial charge in [-0.3, -0.25) is 4.79 Å². The summed E-state index contributed by atoms with van der Waals surface area (Å²) < 4.78 is 0. The molecule has 62 heavy (non-hydrogen) atoms. The Bertz CT molecular complexity index is 1290. The summed E-state index contributed by atoms with van der Waals surface area (Å²) in [7, 11) is 0. The molecule has 0 saturated heterocycles. The standard InChI is InChI=1S/C58H95NO3/c1-3-5-7-9-11-13-15-16-17-18-19-20-21-22-23-24-25-26-27-28-29-30-31-32-33-34-35-36-37-38-39-40-41-42-44-46-48-50-52-54-58(62)59-56(55-60)57(61)53-51-49-47-45-43-14-12-10-8-6-4-2/h5,7,11,13,16-17,19-20,22-23,25-26,28-29,31-32,34-35,37-38,40-41,56-57,60-61H,3-4,6,8-10,12,14-15,18,21,24,27,30,33,36,39,42-55H2,1-2H3,(H,59,62)/b7-5-,13-11-,17-16-,20-19-,23-22-,26-25-,29-28-,32-31-,35-34-,38-37-,41-40-. The van der Waals surface area contributed by atoms with Crippen molar-refractivity contribution in [3.05, 3.63) is 134 Å². The lowest BCUT2D eigenvalue weighted by atomic mass is 10.0. The molecule has 0 rings (SSSR count). The van der Waals surface area contributed by atoms with Crippen LogP contribution in [0.5, 0.6) is 0 Å². The minimum atomic E-state index is -0.675. The number of nitrogens with one attached hydrogen (secondary N) is 1. The first-order valence-corrected chi connectivity index (χ1v) is 25.4. The van der Waals surface area contributed by atoms with Crippen LogP contribution >= 0.6 is 0 Å². The van der Waals surface area contributed by atoms with Gasteiger partial charge in [-0.1, -0.05) is 237 Å². The topological polar surface area (TPSA) is 69.6 Å². The van der Waals surface area contributed by atoms with Crippen LogP contribution in [-0.2, 0) is 4.79 Å². The largest absolute Gasteiger partial charge is 0.394 e. The van der Waals surface area contributed by atoms with Crippen LogP contribution in [-0.4, -0.2) is 34.9 Å². The summed E-state index contributed by atoms with van der Waals surface area (Å²) in [5, 5.41) is 23.1. The molecule has 1 amide bonds. The second kappa shape index (κ2) is 51.9. The quantitative estimate of drug-likeness (QED) is 0.0422. The van der Waals surface area contributed by atoms with Gasteiger partial charge >= 0.3 is 0 Å². The molecule has 0 aromatic rings. The Hall–Kier alpha value is -3.47. The van der Waals surface area contributed by atoms with Gasteiger partial charge in [0.05, 0.1) is 18.8 Å². The van der Waals surface area contributed by atoms with Gasteiger partial charge < -0.3 is 15.5 Å². The maximum atomic E-state index is 12.4. The molecule has 4 heteroatoms. The van der Waals surface area contributed by atoms with Crippen LogP contribution in [0.2, 0.25) is 0 Å². The summed E-state index contributed by atoms with van der Waals surface area (Å²) in [6.07, 6.45) is 81.2. The molecule has 0 aliphatic rings. The fourth-order valence-electron chi connectivity index (χ4n) is 6.83. The smallest absolute Gasteiger partial charge is 0.220 e. The molecule has 350 valence electrons. The minimum Gasteiger partial charge on any atom is -0.394 e. The van der Waals surface area contributed by atoms with E-state index in [4.69, 9.17) is 0 Å². The van der Waals surface area contributed by atoms with Crippen LogP contribution in [0.25, 0.3) is 0 Å². The van der Waals surface area contributed by atoms with Crippen molar-refractivity contribution < 1.29 is 15.0 Å². The summed E-state index contributed by atoms with van der Waals surface area (Å²) >= 11 is 0. The Labute approximate surface area is 383 Å². The highest BCUT2D eigenvalue weighted by Crippen LogP contribution is 2.14. The fourth-order valence-corrected chi connectivity index (χ4v) is 6.83. The first-order chi connectivity index (χ1) is 30.7. The summed E-state index contributed by atoms with van der Waals surface area (Å²) in [6.45, 7) is 4.21. The number of aliphatic hydroxyl groups is 2. The van der Waals surface area contributed by atoms with Crippen molar-refractivity contribution in [3.8, 4) is 0 Å². The second-order valence-electron chi connectivity index (χ2n) is 16.5. The highest BCUT2D eigenvalue weighted by molar-refractivity contribution is 5.76. The molecule has 0 fully saturated rings. The van der Waals surface area contributed by atoms with Gasteiger partial charge in [0.25, 0.3) is 0 Å². The van der Waals surface area contributed by atoms with Gasteiger partial charge in [-0.05, 0) is 96.3 Å². The monoisotopic (exact) mass is 854 g/mol. The number of aliphatic hydroxyl groups excluding tert-OH is 2. The van der Waals surface area contributed by atoms with Crippen molar-refractivity contribution in [2.75, 3.05) is 6.61 Å². The van der Waals surface area contributed by atoms with Crippen molar-refractivity contribution in [1.29, 1.82) is 0 Å².